The minimum atomic E-state index is 0.500. The zero-order chi connectivity index (χ0) is 11.3. The van der Waals surface area contributed by atoms with Crippen molar-refractivity contribution in [1.29, 1.82) is 0 Å². The van der Waals surface area contributed by atoms with Crippen molar-refractivity contribution in [1.82, 2.24) is 0 Å². The molecule has 0 N–H and O–H groups in total. The fourth-order valence-corrected chi connectivity index (χ4v) is 1.22. The average Bonchev–Trinajstić information content (AvgIpc) is 1.47. The smallest absolute Gasteiger partial charge is 0.0380 e. The highest BCUT2D eigenvalue weighted by molar-refractivity contribution is 4.62. The standard InChI is InChI=1S/C8H18.C5H12/c1-7(2)6-8(3,4)5;1-5(2,3)4/h7H,6H2,1-5H3;1-4H3. The second-order valence-electron chi connectivity index (χ2n) is 7.16. The largest absolute Gasteiger partial charge is 0.0628 e. The minimum absolute atomic E-state index is 0.500. The van der Waals surface area contributed by atoms with Crippen LogP contribution in [0.3, 0.4) is 0 Å². The summed E-state index contributed by atoms with van der Waals surface area (Å²) in [6.45, 7) is 20.1. The number of rotatable bonds is 1. The van der Waals surface area contributed by atoms with E-state index in [-0.39, 0.29) is 0 Å². The van der Waals surface area contributed by atoms with E-state index >= 15 is 0 Å². The van der Waals surface area contributed by atoms with E-state index in [0.717, 1.165) is 5.92 Å². The monoisotopic (exact) mass is 186 g/mol. The molecule has 0 aliphatic carbocycles. The molecule has 0 heteroatoms. The van der Waals surface area contributed by atoms with E-state index in [0.29, 0.717) is 10.8 Å². The Morgan fingerprint density at radius 2 is 1.00 bits per heavy atom. The van der Waals surface area contributed by atoms with Crippen LogP contribution >= 0.6 is 0 Å². The molecule has 0 aromatic rings. The van der Waals surface area contributed by atoms with E-state index in [9.17, 15) is 0 Å². The Kier molecular flexibility index (Phi) is 6.75. The van der Waals surface area contributed by atoms with Gasteiger partial charge in [0.2, 0.25) is 0 Å². The van der Waals surface area contributed by atoms with Crippen molar-refractivity contribution in [2.75, 3.05) is 0 Å². The fourth-order valence-electron chi connectivity index (χ4n) is 1.22. The zero-order valence-corrected chi connectivity index (χ0v) is 11.3. The molecule has 0 rings (SSSR count). The molecule has 0 bridgehead atoms. The Morgan fingerprint density at radius 3 is 1.00 bits per heavy atom. The minimum Gasteiger partial charge on any atom is -0.0628 e. The van der Waals surface area contributed by atoms with E-state index in [2.05, 4.69) is 62.3 Å². The Bertz CT molecular complexity index is 101. The maximum Gasteiger partial charge on any atom is -0.0380 e. The van der Waals surface area contributed by atoms with Crippen LogP contribution in [-0.4, -0.2) is 0 Å². The Balaban J connectivity index is 0. The summed E-state index contributed by atoms with van der Waals surface area (Å²) in [7, 11) is 0. The molecule has 0 atom stereocenters. The summed E-state index contributed by atoms with van der Waals surface area (Å²) in [5.74, 6) is 0.843. The first-order valence-electron chi connectivity index (χ1n) is 5.42. The molecule has 0 saturated heterocycles. The van der Waals surface area contributed by atoms with Gasteiger partial charge in [-0.2, -0.15) is 0 Å². The molecule has 0 fully saturated rings. The van der Waals surface area contributed by atoms with Crippen molar-refractivity contribution in [2.24, 2.45) is 16.7 Å². The summed E-state index contributed by atoms with van der Waals surface area (Å²) in [6, 6.07) is 0. The van der Waals surface area contributed by atoms with Crippen molar-refractivity contribution in [2.45, 2.75) is 68.7 Å². The maximum atomic E-state index is 2.28. The highest BCUT2D eigenvalue weighted by Crippen LogP contribution is 2.23. The SMILES string of the molecule is CC(C)(C)C.CC(C)CC(C)(C)C. The predicted octanol–water partition coefficient (Wildman–Crippen LogP) is 5.13. The van der Waals surface area contributed by atoms with Gasteiger partial charge in [-0.05, 0) is 23.2 Å². The predicted molar refractivity (Wildman–Crippen MR) is 64.0 cm³/mol. The molecule has 0 spiro atoms. The molecule has 0 radical (unpaired) electrons. The summed E-state index contributed by atoms with van der Waals surface area (Å²) in [4.78, 5) is 0. The molecular formula is C13H30. The van der Waals surface area contributed by atoms with Crippen LogP contribution in [0.4, 0.5) is 0 Å². The summed E-state index contributed by atoms with van der Waals surface area (Å²) in [6.07, 6.45) is 1.33. The summed E-state index contributed by atoms with van der Waals surface area (Å²) < 4.78 is 0. The second-order valence-corrected chi connectivity index (χ2v) is 7.16. The average molecular weight is 186 g/mol. The number of hydrogen-bond acceptors (Lipinski definition) is 0. The molecule has 0 amide bonds. The van der Waals surface area contributed by atoms with Crippen LogP contribution in [0.25, 0.3) is 0 Å². The number of hydrogen-bond donors (Lipinski definition) is 0. The molecule has 0 aliphatic rings. The fraction of sp³-hybridized carbons (Fsp3) is 1.00. The van der Waals surface area contributed by atoms with Crippen LogP contribution in [0.1, 0.15) is 68.7 Å². The van der Waals surface area contributed by atoms with Crippen molar-refractivity contribution in [3.05, 3.63) is 0 Å². The highest BCUT2D eigenvalue weighted by Gasteiger charge is 2.11. The third-order valence-electron chi connectivity index (χ3n) is 1.02. The van der Waals surface area contributed by atoms with Gasteiger partial charge in [0.1, 0.15) is 0 Å². The molecule has 82 valence electrons. The molecule has 0 aromatic heterocycles. The van der Waals surface area contributed by atoms with Gasteiger partial charge >= 0.3 is 0 Å². The molecule has 0 heterocycles. The summed E-state index contributed by atoms with van der Waals surface area (Å²) >= 11 is 0. The van der Waals surface area contributed by atoms with E-state index in [4.69, 9.17) is 0 Å². The van der Waals surface area contributed by atoms with Crippen LogP contribution in [0.5, 0.6) is 0 Å². The maximum absolute atomic E-state index is 2.28. The van der Waals surface area contributed by atoms with Gasteiger partial charge in [-0.25, -0.2) is 0 Å². The summed E-state index contributed by atoms with van der Waals surface area (Å²) in [5.41, 5.74) is 1.02. The molecule has 0 aromatic carbocycles. The quantitative estimate of drug-likeness (QED) is 0.532. The second kappa shape index (κ2) is 5.67. The van der Waals surface area contributed by atoms with E-state index in [1.807, 2.05) is 0 Å². The van der Waals surface area contributed by atoms with Crippen molar-refractivity contribution in [3.8, 4) is 0 Å². The Labute approximate surface area is 86.1 Å². The molecule has 0 saturated carbocycles. The molecule has 0 nitrogen and oxygen atoms in total. The van der Waals surface area contributed by atoms with Crippen LogP contribution in [0.2, 0.25) is 0 Å². The van der Waals surface area contributed by atoms with Crippen molar-refractivity contribution >= 4 is 0 Å². The van der Waals surface area contributed by atoms with Crippen LogP contribution in [0, 0.1) is 16.7 Å². The van der Waals surface area contributed by atoms with E-state index < -0.39 is 0 Å². The van der Waals surface area contributed by atoms with Gasteiger partial charge in [0.15, 0.2) is 0 Å². The van der Waals surface area contributed by atoms with Gasteiger partial charge < -0.3 is 0 Å². The first-order chi connectivity index (χ1) is 5.42. The van der Waals surface area contributed by atoms with E-state index in [1.54, 1.807) is 0 Å². The van der Waals surface area contributed by atoms with E-state index in [1.165, 1.54) is 6.42 Å². The molecular weight excluding hydrogens is 156 g/mol. The molecule has 0 aliphatic heterocycles. The zero-order valence-electron chi connectivity index (χ0n) is 11.3. The first kappa shape index (κ1) is 15.5. The van der Waals surface area contributed by atoms with Crippen molar-refractivity contribution in [3.63, 3.8) is 0 Å². The van der Waals surface area contributed by atoms with Crippen LogP contribution in [-0.2, 0) is 0 Å². The lowest BCUT2D eigenvalue weighted by molar-refractivity contribution is 0.320. The normalized spacial score (nSPS) is 12.5. The lowest BCUT2D eigenvalue weighted by atomic mass is 9.86. The Hall–Kier alpha value is 0. The molecule has 13 heavy (non-hydrogen) atoms. The topological polar surface area (TPSA) is 0 Å². The first-order valence-corrected chi connectivity index (χ1v) is 5.42. The third kappa shape index (κ3) is 48.0. The third-order valence-corrected chi connectivity index (χ3v) is 1.02. The lowest BCUT2D eigenvalue weighted by Gasteiger charge is -2.19. The summed E-state index contributed by atoms with van der Waals surface area (Å²) in [5, 5.41) is 0. The van der Waals surface area contributed by atoms with Gasteiger partial charge in [-0.1, -0.05) is 62.3 Å². The Morgan fingerprint density at radius 1 is 0.769 bits per heavy atom. The highest BCUT2D eigenvalue weighted by atomic mass is 14.2. The van der Waals surface area contributed by atoms with Gasteiger partial charge in [-0.15, -0.1) is 0 Å². The van der Waals surface area contributed by atoms with Crippen LogP contribution < -0.4 is 0 Å². The lowest BCUT2D eigenvalue weighted by Crippen LogP contribution is -2.08. The van der Waals surface area contributed by atoms with Gasteiger partial charge in [0.25, 0.3) is 0 Å². The van der Waals surface area contributed by atoms with Gasteiger partial charge in [-0.3, -0.25) is 0 Å². The van der Waals surface area contributed by atoms with Gasteiger partial charge in [0, 0.05) is 0 Å². The molecule has 0 unspecified atom stereocenters. The van der Waals surface area contributed by atoms with Crippen molar-refractivity contribution < 1.29 is 0 Å². The van der Waals surface area contributed by atoms with Crippen LogP contribution in [0.15, 0.2) is 0 Å². The van der Waals surface area contributed by atoms with Gasteiger partial charge in [0.05, 0.1) is 0 Å².